The molecule has 1 aromatic heterocycles. The van der Waals surface area contributed by atoms with Crippen molar-refractivity contribution >= 4 is 11.9 Å². The Balaban J connectivity index is 2.07. The van der Waals surface area contributed by atoms with Crippen molar-refractivity contribution in [2.45, 2.75) is 71.6 Å². The standard InChI is InChI=1S/C21H35N3O4/c1-5-6-11-22-20(26)24(21(2,3)4)16-19(25)23(14-17-9-7-12-27-17)15-18-10-8-13-28-18/h7,9,12,18H,5-6,8,10-11,13-16H2,1-4H3,(H,22,26)/t18-/m1/s1. The van der Waals surface area contributed by atoms with Crippen molar-refractivity contribution in [2.75, 3.05) is 26.2 Å². The van der Waals surface area contributed by atoms with Crippen LogP contribution in [0.1, 0.15) is 59.1 Å². The van der Waals surface area contributed by atoms with Crippen LogP contribution in [0.2, 0.25) is 0 Å². The summed E-state index contributed by atoms with van der Waals surface area (Å²) < 4.78 is 11.2. The maximum Gasteiger partial charge on any atom is 0.318 e. The van der Waals surface area contributed by atoms with E-state index in [4.69, 9.17) is 9.15 Å². The van der Waals surface area contributed by atoms with Gasteiger partial charge in [-0.25, -0.2) is 4.79 Å². The van der Waals surface area contributed by atoms with Gasteiger partial charge >= 0.3 is 6.03 Å². The van der Waals surface area contributed by atoms with Gasteiger partial charge in [-0.1, -0.05) is 13.3 Å². The Labute approximate surface area is 168 Å². The molecule has 7 nitrogen and oxygen atoms in total. The maximum absolute atomic E-state index is 13.2. The summed E-state index contributed by atoms with van der Waals surface area (Å²) in [5.41, 5.74) is -0.466. The molecule has 0 saturated carbocycles. The molecule has 7 heteroatoms. The molecule has 2 heterocycles. The molecule has 1 N–H and O–H groups in total. The second kappa shape index (κ2) is 10.5. The van der Waals surface area contributed by atoms with Crippen LogP contribution in [0.25, 0.3) is 0 Å². The fourth-order valence-electron chi connectivity index (χ4n) is 3.20. The third kappa shape index (κ3) is 6.86. The van der Waals surface area contributed by atoms with Gasteiger partial charge in [-0.15, -0.1) is 0 Å². The summed E-state index contributed by atoms with van der Waals surface area (Å²) in [6.45, 7) is 10.2. The van der Waals surface area contributed by atoms with Gasteiger partial charge < -0.3 is 24.3 Å². The number of carbonyl (C=O) groups is 2. The lowest BCUT2D eigenvalue weighted by atomic mass is 10.1. The van der Waals surface area contributed by atoms with E-state index in [0.29, 0.717) is 19.6 Å². The van der Waals surface area contributed by atoms with Crippen LogP contribution in [-0.4, -0.2) is 59.6 Å². The topological polar surface area (TPSA) is 75.0 Å². The van der Waals surface area contributed by atoms with Crippen molar-refractivity contribution in [2.24, 2.45) is 0 Å². The Morgan fingerprint density at radius 1 is 1.32 bits per heavy atom. The molecule has 1 atom stereocenters. The quantitative estimate of drug-likeness (QED) is 0.653. The predicted molar refractivity (Wildman–Crippen MR) is 108 cm³/mol. The Morgan fingerprint density at radius 3 is 2.68 bits per heavy atom. The first-order valence-corrected chi connectivity index (χ1v) is 10.3. The van der Waals surface area contributed by atoms with Gasteiger partial charge in [0.15, 0.2) is 0 Å². The number of hydrogen-bond donors (Lipinski definition) is 1. The molecule has 1 saturated heterocycles. The second-order valence-electron chi connectivity index (χ2n) is 8.33. The zero-order valence-electron chi connectivity index (χ0n) is 17.7. The van der Waals surface area contributed by atoms with Crippen LogP contribution >= 0.6 is 0 Å². The average Bonchev–Trinajstić information content (AvgIpc) is 3.32. The Morgan fingerprint density at radius 2 is 2.11 bits per heavy atom. The lowest BCUT2D eigenvalue weighted by Crippen LogP contribution is -2.55. The minimum Gasteiger partial charge on any atom is -0.467 e. The zero-order chi connectivity index (χ0) is 20.6. The Hall–Kier alpha value is -2.02. The number of nitrogens with one attached hydrogen (secondary N) is 1. The number of nitrogens with zero attached hydrogens (tertiary/aromatic N) is 2. The van der Waals surface area contributed by atoms with Crippen molar-refractivity contribution in [3.8, 4) is 0 Å². The Bertz CT molecular complexity index is 604. The zero-order valence-corrected chi connectivity index (χ0v) is 17.7. The van der Waals surface area contributed by atoms with E-state index in [1.165, 1.54) is 0 Å². The van der Waals surface area contributed by atoms with E-state index in [-0.39, 0.29) is 24.6 Å². The monoisotopic (exact) mass is 393 g/mol. The van der Waals surface area contributed by atoms with Crippen molar-refractivity contribution in [3.05, 3.63) is 24.2 Å². The number of rotatable bonds is 9. The molecular weight excluding hydrogens is 358 g/mol. The number of amides is 3. The molecular formula is C21H35N3O4. The van der Waals surface area contributed by atoms with Gasteiger partial charge in [-0.3, -0.25) is 4.79 Å². The highest BCUT2D eigenvalue weighted by atomic mass is 16.5. The van der Waals surface area contributed by atoms with E-state index in [1.807, 2.05) is 32.9 Å². The van der Waals surface area contributed by atoms with E-state index >= 15 is 0 Å². The van der Waals surface area contributed by atoms with Gasteiger partial charge in [-0.05, 0) is 52.2 Å². The van der Waals surface area contributed by atoms with E-state index in [1.54, 1.807) is 16.1 Å². The number of hydrogen-bond acceptors (Lipinski definition) is 4. The first kappa shape index (κ1) is 22.3. The van der Waals surface area contributed by atoms with Crippen molar-refractivity contribution in [1.82, 2.24) is 15.1 Å². The highest BCUT2D eigenvalue weighted by Crippen LogP contribution is 2.18. The largest absolute Gasteiger partial charge is 0.467 e. The summed E-state index contributed by atoms with van der Waals surface area (Å²) in [4.78, 5) is 29.2. The number of urea groups is 1. The summed E-state index contributed by atoms with van der Waals surface area (Å²) in [7, 11) is 0. The summed E-state index contributed by atoms with van der Waals surface area (Å²) in [6.07, 6.45) is 5.53. The molecule has 0 unspecified atom stereocenters. The third-order valence-electron chi connectivity index (χ3n) is 4.88. The molecule has 0 bridgehead atoms. The summed E-state index contributed by atoms with van der Waals surface area (Å²) in [5.74, 6) is 0.619. The van der Waals surface area contributed by atoms with Gasteiger partial charge in [-0.2, -0.15) is 0 Å². The molecule has 28 heavy (non-hydrogen) atoms. The molecule has 1 aliphatic heterocycles. The third-order valence-corrected chi connectivity index (χ3v) is 4.88. The molecule has 0 radical (unpaired) electrons. The fraction of sp³-hybridized carbons (Fsp3) is 0.714. The lowest BCUT2D eigenvalue weighted by molar-refractivity contribution is -0.135. The molecule has 1 aliphatic rings. The molecule has 158 valence electrons. The van der Waals surface area contributed by atoms with E-state index < -0.39 is 5.54 Å². The summed E-state index contributed by atoms with van der Waals surface area (Å²) in [5, 5.41) is 2.93. The molecule has 2 rings (SSSR count). The van der Waals surface area contributed by atoms with Crippen LogP contribution in [0.5, 0.6) is 0 Å². The summed E-state index contributed by atoms with van der Waals surface area (Å²) >= 11 is 0. The van der Waals surface area contributed by atoms with Gasteiger partial charge in [0, 0.05) is 25.2 Å². The number of furan rings is 1. The number of carbonyl (C=O) groups excluding carboxylic acids is 2. The maximum atomic E-state index is 13.2. The first-order valence-electron chi connectivity index (χ1n) is 10.3. The van der Waals surface area contributed by atoms with Crippen molar-refractivity contribution in [1.29, 1.82) is 0 Å². The van der Waals surface area contributed by atoms with Crippen molar-refractivity contribution < 1.29 is 18.7 Å². The fourth-order valence-corrected chi connectivity index (χ4v) is 3.20. The van der Waals surface area contributed by atoms with Crippen LogP contribution < -0.4 is 5.32 Å². The van der Waals surface area contributed by atoms with Gasteiger partial charge in [0.25, 0.3) is 0 Å². The minimum atomic E-state index is -0.466. The van der Waals surface area contributed by atoms with E-state index in [0.717, 1.165) is 38.1 Å². The van der Waals surface area contributed by atoms with Crippen LogP contribution in [0.4, 0.5) is 4.79 Å². The van der Waals surface area contributed by atoms with E-state index in [2.05, 4.69) is 12.2 Å². The second-order valence-corrected chi connectivity index (χ2v) is 8.33. The molecule has 1 fully saturated rings. The van der Waals surface area contributed by atoms with Gasteiger partial charge in [0.05, 0.1) is 18.9 Å². The van der Waals surface area contributed by atoms with Gasteiger partial charge in [0.1, 0.15) is 12.3 Å². The smallest absolute Gasteiger partial charge is 0.318 e. The number of ether oxygens (including phenoxy) is 1. The highest BCUT2D eigenvalue weighted by molar-refractivity contribution is 5.84. The summed E-state index contributed by atoms with van der Waals surface area (Å²) in [6, 6.07) is 3.46. The average molecular weight is 394 g/mol. The lowest BCUT2D eigenvalue weighted by Gasteiger charge is -2.37. The van der Waals surface area contributed by atoms with Gasteiger partial charge in [0.2, 0.25) is 5.91 Å². The molecule has 1 aromatic rings. The normalized spacial score (nSPS) is 16.8. The molecule has 3 amide bonds. The highest BCUT2D eigenvalue weighted by Gasteiger charge is 2.31. The van der Waals surface area contributed by atoms with Crippen LogP contribution in [0.15, 0.2) is 22.8 Å². The molecule has 0 aliphatic carbocycles. The SMILES string of the molecule is CCCCNC(=O)N(CC(=O)N(Cc1ccco1)C[C@H]1CCCO1)C(C)(C)C. The van der Waals surface area contributed by atoms with Crippen LogP contribution in [0.3, 0.4) is 0 Å². The molecule has 0 aromatic carbocycles. The number of unbranched alkanes of at least 4 members (excludes halogenated alkanes) is 1. The predicted octanol–water partition coefficient (Wildman–Crippen LogP) is 3.40. The first-order chi connectivity index (χ1) is 13.3. The Kier molecular flexibility index (Phi) is 8.35. The molecule has 0 spiro atoms. The van der Waals surface area contributed by atoms with E-state index in [9.17, 15) is 9.59 Å². The van der Waals surface area contributed by atoms with Crippen LogP contribution in [0, 0.1) is 0 Å². The van der Waals surface area contributed by atoms with Crippen molar-refractivity contribution in [3.63, 3.8) is 0 Å². The minimum absolute atomic E-state index is 0.0227. The van der Waals surface area contributed by atoms with Crippen LogP contribution in [-0.2, 0) is 16.1 Å².